The van der Waals surface area contributed by atoms with Gasteiger partial charge < -0.3 is 4.90 Å². The Morgan fingerprint density at radius 2 is 1.95 bits per heavy atom. The Hall–Kier alpha value is -1.64. The largest absolute Gasteiger partial charge is 0.405 e. The quantitative estimate of drug-likeness (QED) is 0.485. The Morgan fingerprint density at radius 3 is 2.35 bits per heavy atom. The molecule has 0 aromatic carbocycles. The third-order valence-electron chi connectivity index (χ3n) is 2.44. The molecule has 0 saturated carbocycles. The highest BCUT2D eigenvalue weighted by Crippen LogP contribution is 2.33. The molecule has 1 aromatic rings. The lowest BCUT2D eigenvalue weighted by atomic mass is 10.2. The van der Waals surface area contributed by atoms with Crippen molar-refractivity contribution in [3.63, 3.8) is 0 Å². The summed E-state index contributed by atoms with van der Waals surface area (Å²) in [4.78, 5) is 18.2. The second kappa shape index (κ2) is 5.78. The molecule has 0 saturated heterocycles. The number of hydrogen-bond donors (Lipinski definition) is 0. The zero-order valence-electron chi connectivity index (χ0n) is 10.9. The molecular weight excluding hydrogens is 301 g/mol. The minimum atomic E-state index is -4.52. The molecule has 0 amide bonds. The molecule has 0 spiro atoms. The van der Waals surface area contributed by atoms with Crippen molar-refractivity contribution in [1.82, 2.24) is 9.97 Å². The highest BCUT2D eigenvalue weighted by molar-refractivity contribution is 6.28. The second-order valence-electron chi connectivity index (χ2n) is 4.34. The molecule has 1 aromatic heterocycles. The van der Waals surface area contributed by atoms with Crippen LogP contribution in [-0.2, 0) is 0 Å². The molecule has 0 aliphatic carbocycles. The topological polar surface area (TPSA) is 72.2 Å². The van der Waals surface area contributed by atoms with Crippen LogP contribution in [0.15, 0.2) is 0 Å². The molecule has 0 bridgehead atoms. The minimum Gasteiger partial charge on any atom is -0.339 e. The molecule has 0 aliphatic rings. The summed E-state index contributed by atoms with van der Waals surface area (Å²) in [6, 6.07) is -0.652. The lowest BCUT2D eigenvalue weighted by Crippen LogP contribution is -2.40. The zero-order chi connectivity index (χ0) is 15.7. The third-order valence-corrected chi connectivity index (χ3v) is 2.61. The van der Waals surface area contributed by atoms with E-state index in [9.17, 15) is 23.3 Å². The van der Waals surface area contributed by atoms with E-state index in [1.165, 1.54) is 20.8 Å². The number of anilines is 1. The van der Waals surface area contributed by atoms with E-state index in [0.717, 1.165) is 4.90 Å². The van der Waals surface area contributed by atoms with Gasteiger partial charge in [0.1, 0.15) is 12.2 Å². The number of aromatic nitrogens is 2. The number of halogens is 4. The lowest BCUT2D eigenvalue weighted by Gasteiger charge is -2.28. The second-order valence-corrected chi connectivity index (χ2v) is 4.68. The van der Waals surface area contributed by atoms with Gasteiger partial charge >= 0.3 is 11.9 Å². The van der Waals surface area contributed by atoms with Gasteiger partial charge in [0.15, 0.2) is 0 Å². The summed E-state index contributed by atoms with van der Waals surface area (Å²) in [6.45, 7) is 2.88. The van der Waals surface area contributed by atoms with Crippen LogP contribution in [0.5, 0.6) is 0 Å². The van der Waals surface area contributed by atoms with Crippen LogP contribution < -0.4 is 4.90 Å². The van der Waals surface area contributed by atoms with E-state index in [1.807, 2.05) is 0 Å². The molecule has 0 fully saturated rings. The summed E-state index contributed by atoms with van der Waals surface area (Å²) in [5.41, 5.74) is -0.662. The van der Waals surface area contributed by atoms with Crippen LogP contribution in [0.25, 0.3) is 0 Å². The minimum absolute atomic E-state index is 0.0853. The molecule has 0 aliphatic heterocycles. The van der Waals surface area contributed by atoms with Crippen LogP contribution in [0, 0.1) is 17.0 Å². The fourth-order valence-electron chi connectivity index (χ4n) is 1.63. The highest BCUT2D eigenvalue weighted by Gasteiger charge is 2.36. The van der Waals surface area contributed by atoms with Crippen molar-refractivity contribution in [3.05, 3.63) is 21.1 Å². The Balaban J connectivity index is 3.43. The molecule has 1 heterocycles. The van der Waals surface area contributed by atoms with Crippen molar-refractivity contribution in [3.8, 4) is 0 Å². The van der Waals surface area contributed by atoms with Crippen molar-refractivity contribution in [2.45, 2.75) is 33.0 Å². The SMILES string of the molecule is Cc1nc(Cl)nc(N(CC(F)(F)F)C(C)C)c1[N+](=O)[O-]. The van der Waals surface area contributed by atoms with E-state index in [2.05, 4.69) is 9.97 Å². The Kier molecular flexibility index (Phi) is 4.74. The van der Waals surface area contributed by atoms with Gasteiger partial charge in [0.2, 0.25) is 11.1 Å². The summed E-state index contributed by atoms with van der Waals surface area (Å²) in [6.07, 6.45) is -4.52. The van der Waals surface area contributed by atoms with Crippen molar-refractivity contribution in [2.24, 2.45) is 0 Å². The number of aryl methyl sites for hydroxylation is 1. The smallest absolute Gasteiger partial charge is 0.339 e. The number of rotatable bonds is 4. The van der Waals surface area contributed by atoms with Gasteiger partial charge in [-0.1, -0.05) is 0 Å². The first kappa shape index (κ1) is 16.4. The molecule has 0 N–H and O–H groups in total. The van der Waals surface area contributed by atoms with Gasteiger partial charge in [-0.15, -0.1) is 0 Å². The maximum absolute atomic E-state index is 12.6. The maximum atomic E-state index is 12.6. The highest BCUT2D eigenvalue weighted by atomic mass is 35.5. The average molecular weight is 313 g/mol. The van der Waals surface area contributed by atoms with Gasteiger partial charge in [-0.3, -0.25) is 10.1 Å². The lowest BCUT2D eigenvalue weighted by molar-refractivity contribution is -0.385. The predicted octanol–water partition coefficient (Wildman–Crippen LogP) is 3.12. The van der Waals surface area contributed by atoms with E-state index >= 15 is 0 Å². The van der Waals surface area contributed by atoms with Gasteiger partial charge in [-0.05, 0) is 32.4 Å². The Bertz CT molecular complexity index is 522. The summed E-state index contributed by atoms with van der Waals surface area (Å²) in [5, 5.41) is 10.7. The molecule has 0 atom stereocenters. The van der Waals surface area contributed by atoms with E-state index in [1.54, 1.807) is 0 Å². The van der Waals surface area contributed by atoms with Gasteiger partial charge in [0, 0.05) is 6.04 Å². The zero-order valence-corrected chi connectivity index (χ0v) is 11.7. The first-order valence-corrected chi connectivity index (χ1v) is 5.92. The summed E-state index contributed by atoms with van der Waals surface area (Å²) < 4.78 is 37.8. The predicted molar refractivity (Wildman–Crippen MR) is 67.0 cm³/mol. The Morgan fingerprint density at radius 1 is 1.40 bits per heavy atom. The molecule has 1 rings (SSSR count). The van der Waals surface area contributed by atoms with Crippen molar-refractivity contribution < 1.29 is 18.1 Å². The van der Waals surface area contributed by atoms with E-state index in [-0.39, 0.29) is 11.0 Å². The normalized spacial score (nSPS) is 11.8. The fourth-order valence-corrected chi connectivity index (χ4v) is 1.83. The van der Waals surface area contributed by atoms with E-state index in [4.69, 9.17) is 11.6 Å². The summed E-state index contributed by atoms with van der Waals surface area (Å²) in [5.74, 6) is -0.431. The van der Waals surface area contributed by atoms with E-state index < -0.39 is 35.2 Å². The van der Waals surface area contributed by atoms with Gasteiger partial charge in [0.25, 0.3) is 0 Å². The van der Waals surface area contributed by atoms with E-state index in [0.29, 0.717) is 0 Å². The molecule has 6 nitrogen and oxygen atoms in total. The number of hydrogen-bond acceptors (Lipinski definition) is 5. The van der Waals surface area contributed by atoms with Gasteiger partial charge in [-0.2, -0.15) is 18.2 Å². The van der Waals surface area contributed by atoms with Crippen LogP contribution >= 0.6 is 11.6 Å². The first-order chi connectivity index (χ1) is 9.03. The van der Waals surface area contributed by atoms with Crippen LogP contribution in [0.3, 0.4) is 0 Å². The van der Waals surface area contributed by atoms with Crippen LogP contribution in [0.1, 0.15) is 19.5 Å². The fraction of sp³-hybridized carbons (Fsp3) is 0.600. The first-order valence-electron chi connectivity index (χ1n) is 5.55. The van der Waals surface area contributed by atoms with Gasteiger partial charge in [0.05, 0.1) is 4.92 Å². The average Bonchev–Trinajstić information content (AvgIpc) is 2.22. The number of nitro groups is 1. The number of nitrogens with zero attached hydrogens (tertiary/aromatic N) is 4. The Labute approximate surface area is 117 Å². The molecule has 112 valence electrons. The molecule has 0 unspecified atom stereocenters. The molecule has 0 radical (unpaired) electrons. The molecular formula is C10H12ClF3N4O2. The van der Waals surface area contributed by atoms with Crippen LogP contribution in [-0.4, -0.2) is 33.7 Å². The monoisotopic (exact) mass is 312 g/mol. The summed E-state index contributed by atoms with van der Waals surface area (Å²) in [7, 11) is 0. The van der Waals surface area contributed by atoms with Crippen LogP contribution in [0.4, 0.5) is 24.7 Å². The summed E-state index contributed by atoms with van der Waals surface area (Å²) >= 11 is 5.59. The number of alkyl halides is 3. The maximum Gasteiger partial charge on any atom is 0.405 e. The van der Waals surface area contributed by atoms with Gasteiger partial charge in [-0.25, -0.2) is 4.98 Å². The van der Waals surface area contributed by atoms with Crippen molar-refractivity contribution in [1.29, 1.82) is 0 Å². The molecule has 20 heavy (non-hydrogen) atoms. The molecule has 10 heteroatoms. The standard InChI is InChI=1S/C10H12ClF3N4O2/c1-5(2)17(4-10(12,13)14)8-7(18(19)20)6(3)15-9(11)16-8/h5H,4H2,1-3H3. The van der Waals surface area contributed by atoms with Crippen molar-refractivity contribution in [2.75, 3.05) is 11.4 Å². The third kappa shape index (κ3) is 3.92. The van der Waals surface area contributed by atoms with Crippen molar-refractivity contribution >= 4 is 23.1 Å². The van der Waals surface area contributed by atoms with Crippen LogP contribution in [0.2, 0.25) is 5.28 Å².